The molecule has 0 fully saturated rings. The van der Waals surface area contributed by atoms with Gasteiger partial charge < -0.3 is 5.11 Å². The number of benzene rings is 1. The van der Waals surface area contributed by atoms with Crippen molar-refractivity contribution < 1.29 is 9.50 Å². The zero-order valence-corrected chi connectivity index (χ0v) is 11.0. The summed E-state index contributed by atoms with van der Waals surface area (Å²) in [6, 6.07) is 5.42. The molecule has 1 aromatic carbocycles. The van der Waals surface area contributed by atoms with Crippen LogP contribution in [0.5, 0.6) is 0 Å². The van der Waals surface area contributed by atoms with E-state index in [0.717, 1.165) is 5.56 Å². The molecule has 2 nitrogen and oxygen atoms in total. The van der Waals surface area contributed by atoms with Gasteiger partial charge in [-0.3, -0.25) is 9.29 Å². The topological polar surface area (TPSA) is 23.5 Å². The smallest absolute Gasteiger partial charge is 0.0906 e. The van der Waals surface area contributed by atoms with Crippen LogP contribution in [-0.2, 0) is 6.54 Å². The summed E-state index contributed by atoms with van der Waals surface area (Å²) in [7, 11) is 0. The summed E-state index contributed by atoms with van der Waals surface area (Å²) >= 11 is 11.7. The van der Waals surface area contributed by atoms with Crippen molar-refractivity contribution in [1.82, 2.24) is 4.90 Å². The molecule has 1 aromatic rings. The van der Waals surface area contributed by atoms with E-state index < -0.39 is 0 Å². The third-order valence-corrected chi connectivity index (χ3v) is 3.15. The second-order valence-electron chi connectivity index (χ2n) is 3.79. The summed E-state index contributed by atoms with van der Waals surface area (Å²) in [6.07, 6.45) is 0.474. The lowest BCUT2D eigenvalue weighted by molar-refractivity contribution is 0.185. The van der Waals surface area contributed by atoms with Crippen LogP contribution in [0.3, 0.4) is 0 Å². The number of hydrogen-bond acceptors (Lipinski definition) is 2. The molecule has 17 heavy (non-hydrogen) atoms. The maximum absolute atomic E-state index is 12.1. The van der Waals surface area contributed by atoms with Crippen LogP contribution in [-0.4, -0.2) is 36.4 Å². The van der Waals surface area contributed by atoms with E-state index in [0.29, 0.717) is 36.1 Å². The van der Waals surface area contributed by atoms with E-state index >= 15 is 0 Å². The maximum atomic E-state index is 12.1. The normalized spacial score (nSPS) is 11.1. The Morgan fingerprint density at radius 3 is 2.53 bits per heavy atom. The molecule has 1 N–H and O–H groups in total. The van der Waals surface area contributed by atoms with Crippen molar-refractivity contribution in [3.8, 4) is 0 Å². The van der Waals surface area contributed by atoms with E-state index in [-0.39, 0.29) is 13.3 Å². The number of aliphatic hydroxyl groups excluding tert-OH is 1. The van der Waals surface area contributed by atoms with Crippen molar-refractivity contribution in [2.75, 3.05) is 26.4 Å². The second kappa shape index (κ2) is 7.88. The highest BCUT2D eigenvalue weighted by Gasteiger charge is 2.06. The molecule has 0 saturated heterocycles. The molecule has 0 unspecified atom stereocenters. The van der Waals surface area contributed by atoms with Crippen molar-refractivity contribution in [2.24, 2.45) is 0 Å². The van der Waals surface area contributed by atoms with Gasteiger partial charge >= 0.3 is 0 Å². The van der Waals surface area contributed by atoms with Gasteiger partial charge in [0.25, 0.3) is 0 Å². The Kier molecular flexibility index (Phi) is 6.82. The van der Waals surface area contributed by atoms with Crippen LogP contribution in [0.25, 0.3) is 0 Å². The molecular formula is C12H16Cl2FNO. The quantitative estimate of drug-likeness (QED) is 0.829. The molecule has 0 saturated carbocycles. The Labute approximate surface area is 111 Å². The molecule has 0 atom stereocenters. The van der Waals surface area contributed by atoms with Crippen LogP contribution in [0.4, 0.5) is 4.39 Å². The van der Waals surface area contributed by atoms with Gasteiger partial charge in [0.2, 0.25) is 0 Å². The minimum Gasteiger partial charge on any atom is -0.395 e. The fraction of sp³-hybridized carbons (Fsp3) is 0.500. The molecule has 0 amide bonds. The fourth-order valence-electron chi connectivity index (χ4n) is 1.59. The van der Waals surface area contributed by atoms with Gasteiger partial charge in [0, 0.05) is 19.6 Å². The first kappa shape index (κ1) is 14.7. The summed E-state index contributed by atoms with van der Waals surface area (Å²) in [5, 5.41) is 9.96. The zero-order valence-electron chi connectivity index (χ0n) is 9.50. The zero-order chi connectivity index (χ0) is 12.7. The van der Waals surface area contributed by atoms with Crippen molar-refractivity contribution in [1.29, 1.82) is 0 Å². The Balaban J connectivity index is 2.61. The van der Waals surface area contributed by atoms with Crippen molar-refractivity contribution >= 4 is 23.2 Å². The number of nitrogens with zero attached hydrogens (tertiary/aromatic N) is 1. The molecule has 0 spiro atoms. The van der Waals surface area contributed by atoms with Crippen molar-refractivity contribution in [2.45, 2.75) is 13.0 Å². The van der Waals surface area contributed by atoms with Crippen LogP contribution in [0.1, 0.15) is 12.0 Å². The number of hydrogen-bond donors (Lipinski definition) is 1. The monoisotopic (exact) mass is 279 g/mol. The molecular weight excluding hydrogens is 264 g/mol. The van der Waals surface area contributed by atoms with Gasteiger partial charge in [0.05, 0.1) is 23.3 Å². The summed E-state index contributed by atoms with van der Waals surface area (Å²) < 4.78 is 12.1. The van der Waals surface area contributed by atoms with E-state index in [4.69, 9.17) is 28.3 Å². The molecule has 1 rings (SSSR count). The highest BCUT2D eigenvalue weighted by molar-refractivity contribution is 6.42. The number of halogens is 3. The van der Waals surface area contributed by atoms with E-state index in [9.17, 15) is 4.39 Å². The molecule has 96 valence electrons. The standard InChI is InChI=1S/C12H16Cl2FNO/c13-11-3-2-10(8-12(11)14)9-16(6-7-17)5-1-4-15/h2-3,8,17H,1,4-7,9H2. The van der Waals surface area contributed by atoms with E-state index in [1.807, 2.05) is 11.0 Å². The molecule has 0 bridgehead atoms. The van der Waals surface area contributed by atoms with E-state index in [1.165, 1.54) is 0 Å². The SMILES string of the molecule is OCCN(CCCF)Cc1ccc(Cl)c(Cl)c1. The lowest BCUT2D eigenvalue weighted by Crippen LogP contribution is -2.27. The maximum Gasteiger partial charge on any atom is 0.0906 e. The first-order chi connectivity index (χ1) is 8.17. The molecule has 0 aliphatic heterocycles. The van der Waals surface area contributed by atoms with E-state index in [2.05, 4.69) is 0 Å². The minimum absolute atomic E-state index is 0.0631. The van der Waals surface area contributed by atoms with Crippen LogP contribution in [0, 0.1) is 0 Å². The average Bonchev–Trinajstić information content (AvgIpc) is 2.31. The van der Waals surface area contributed by atoms with Crippen LogP contribution in [0.2, 0.25) is 10.0 Å². The summed E-state index contributed by atoms with van der Waals surface area (Å²) in [6.45, 7) is 1.51. The molecule has 0 aliphatic rings. The Bertz CT molecular complexity index is 349. The van der Waals surface area contributed by atoms with Gasteiger partial charge in [-0.15, -0.1) is 0 Å². The molecule has 0 heterocycles. The third kappa shape index (κ3) is 5.21. The second-order valence-corrected chi connectivity index (χ2v) is 4.61. The lowest BCUT2D eigenvalue weighted by atomic mass is 10.2. The van der Waals surface area contributed by atoms with Crippen LogP contribution in [0.15, 0.2) is 18.2 Å². The Morgan fingerprint density at radius 2 is 1.94 bits per heavy atom. The van der Waals surface area contributed by atoms with Gasteiger partial charge in [0.1, 0.15) is 0 Å². The largest absolute Gasteiger partial charge is 0.395 e. The van der Waals surface area contributed by atoms with Crippen LogP contribution >= 0.6 is 23.2 Å². The Hall–Kier alpha value is -0.350. The number of rotatable bonds is 7. The summed E-state index contributed by atoms with van der Waals surface area (Å²) in [5.41, 5.74) is 1.01. The molecule has 0 aliphatic carbocycles. The van der Waals surface area contributed by atoms with E-state index in [1.54, 1.807) is 12.1 Å². The van der Waals surface area contributed by atoms with Gasteiger partial charge in [-0.2, -0.15) is 0 Å². The summed E-state index contributed by atoms with van der Waals surface area (Å²) in [5.74, 6) is 0. The number of alkyl halides is 1. The first-order valence-electron chi connectivity index (χ1n) is 5.50. The third-order valence-electron chi connectivity index (χ3n) is 2.41. The molecule has 0 radical (unpaired) electrons. The predicted molar refractivity (Wildman–Crippen MR) is 69.4 cm³/mol. The fourth-order valence-corrected chi connectivity index (χ4v) is 1.91. The summed E-state index contributed by atoms with van der Waals surface area (Å²) in [4.78, 5) is 1.99. The molecule has 5 heteroatoms. The van der Waals surface area contributed by atoms with Crippen LogP contribution < -0.4 is 0 Å². The average molecular weight is 280 g/mol. The highest BCUT2D eigenvalue weighted by Crippen LogP contribution is 2.23. The van der Waals surface area contributed by atoms with Gasteiger partial charge in [0.15, 0.2) is 0 Å². The Morgan fingerprint density at radius 1 is 1.18 bits per heavy atom. The van der Waals surface area contributed by atoms with Crippen molar-refractivity contribution in [3.63, 3.8) is 0 Å². The predicted octanol–water partition coefficient (Wildman–Crippen LogP) is 3.15. The molecule has 0 aromatic heterocycles. The first-order valence-corrected chi connectivity index (χ1v) is 6.26. The highest BCUT2D eigenvalue weighted by atomic mass is 35.5. The van der Waals surface area contributed by atoms with Gasteiger partial charge in [-0.05, 0) is 24.1 Å². The minimum atomic E-state index is -0.344. The number of aliphatic hydroxyl groups is 1. The van der Waals surface area contributed by atoms with Gasteiger partial charge in [-0.1, -0.05) is 29.3 Å². The van der Waals surface area contributed by atoms with Crippen molar-refractivity contribution in [3.05, 3.63) is 33.8 Å². The van der Waals surface area contributed by atoms with Gasteiger partial charge in [-0.25, -0.2) is 0 Å². The lowest BCUT2D eigenvalue weighted by Gasteiger charge is -2.20.